The van der Waals surface area contributed by atoms with Gasteiger partial charge in [0.25, 0.3) is 0 Å². The third-order valence-corrected chi connectivity index (χ3v) is 5.78. The lowest BCUT2D eigenvalue weighted by Gasteiger charge is -2.28. The van der Waals surface area contributed by atoms with Gasteiger partial charge in [-0.05, 0) is 50.5 Å². The summed E-state index contributed by atoms with van der Waals surface area (Å²) in [6, 6.07) is 10.7. The van der Waals surface area contributed by atoms with Crippen LogP contribution in [0, 0.1) is 6.92 Å². The number of aryl methyl sites for hydroxylation is 2. The Kier molecular flexibility index (Phi) is 7.52. The second-order valence-corrected chi connectivity index (χ2v) is 9.03. The molecular weight excluding hydrogens is 417 g/mol. The normalized spacial score (nSPS) is 13.0. The van der Waals surface area contributed by atoms with Crippen molar-refractivity contribution in [1.82, 2.24) is 5.32 Å². The fraction of sp³-hybridized carbons (Fsp3) is 0.381. The summed E-state index contributed by atoms with van der Waals surface area (Å²) in [6.45, 7) is 3.65. The zero-order valence-corrected chi connectivity index (χ0v) is 17.8. The van der Waals surface area contributed by atoms with Gasteiger partial charge in [0.2, 0.25) is 15.9 Å². The van der Waals surface area contributed by atoms with Crippen molar-refractivity contribution in [3.05, 3.63) is 65.2 Å². The number of alkyl halides is 3. The molecule has 1 N–H and O–H groups in total. The van der Waals surface area contributed by atoms with Crippen LogP contribution in [0.2, 0.25) is 0 Å². The predicted molar refractivity (Wildman–Crippen MR) is 111 cm³/mol. The monoisotopic (exact) mass is 442 g/mol. The van der Waals surface area contributed by atoms with Crippen LogP contribution in [0.3, 0.4) is 0 Å². The first-order valence-electron chi connectivity index (χ1n) is 9.39. The van der Waals surface area contributed by atoms with Crippen LogP contribution in [0.1, 0.15) is 30.0 Å². The van der Waals surface area contributed by atoms with Gasteiger partial charge in [0.1, 0.15) is 6.04 Å². The van der Waals surface area contributed by atoms with Crippen LogP contribution >= 0.6 is 0 Å². The zero-order valence-electron chi connectivity index (χ0n) is 17.0. The molecule has 0 aliphatic carbocycles. The van der Waals surface area contributed by atoms with Crippen molar-refractivity contribution in [3.8, 4) is 0 Å². The molecule has 0 aromatic heterocycles. The summed E-state index contributed by atoms with van der Waals surface area (Å²) in [5.74, 6) is -0.581. The Balaban J connectivity index is 2.08. The van der Waals surface area contributed by atoms with E-state index in [-0.39, 0.29) is 5.69 Å². The Labute approximate surface area is 175 Å². The van der Waals surface area contributed by atoms with Gasteiger partial charge >= 0.3 is 6.18 Å². The molecule has 0 fully saturated rings. The molecule has 1 atom stereocenters. The molecule has 0 spiro atoms. The number of sulfonamides is 1. The molecule has 0 aliphatic rings. The van der Waals surface area contributed by atoms with E-state index < -0.39 is 33.7 Å². The number of nitrogens with one attached hydrogen (secondary N) is 1. The lowest BCUT2D eigenvalue weighted by Crippen LogP contribution is -2.48. The Hall–Kier alpha value is -2.55. The van der Waals surface area contributed by atoms with Gasteiger partial charge in [0.15, 0.2) is 0 Å². The minimum absolute atomic E-state index is 0.213. The summed E-state index contributed by atoms with van der Waals surface area (Å²) in [6.07, 6.45) is -2.39. The molecule has 2 aromatic carbocycles. The van der Waals surface area contributed by atoms with E-state index in [1.165, 1.54) is 13.0 Å². The van der Waals surface area contributed by atoms with E-state index in [2.05, 4.69) is 5.32 Å². The number of nitrogens with zero attached hydrogens (tertiary/aromatic N) is 1. The highest BCUT2D eigenvalue weighted by Gasteiger charge is 2.33. The molecule has 0 aliphatic heterocycles. The van der Waals surface area contributed by atoms with E-state index in [9.17, 15) is 26.4 Å². The minimum Gasteiger partial charge on any atom is -0.354 e. The van der Waals surface area contributed by atoms with Gasteiger partial charge in [-0.3, -0.25) is 9.10 Å². The summed E-state index contributed by atoms with van der Waals surface area (Å²) in [7, 11) is -4.00. The first kappa shape index (κ1) is 23.7. The van der Waals surface area contributed by atoms with E-state index in [1.54, 1.807) is 0 Å². The standard InChI is InChI=1S/C21H25F3N2O3S/c1-15-7-4-8-17(13-15)9-6-12-25-20(27)16(2)26(30(3,28)29)19-11-5-10-18(14-19)21(22,23)24/h4-5,7-8,10-11,13-14,16H,6,9,12H2,1-3H3,(H,25,27). The minimum atomic E-state index is -4.62. The summed E-state index contributed by atoms with van der Waals surface area (Å²) < 4.78 is 64.2. The Morgan fingerprint density at radius 2 is 1.80 bits per heavy atom. The average Bonchev–Trinajstić information content (AvgIpc) is 2.63. The number of rotatable bonds is 8. The highest BCUT2D eigenvalue weighted by molar-refractivity contribution is 7.92. The molecule has 0 bridgehead atoms. The van der Waals surface area contributed by atoms with E-state index in [0.717, 1.165) is 42.0 Å². The van der Waals surface area contributed by atoms with Crippen molar-refractivity contribution < 1.29 is 26.4 Å². The molecule has 0 radical (unpaired) electrons. The SMILES string of the molecule is Cc1cccc(CCCNC(=O)C(C)N(c2cccc(C(F)(F)F)c2)S(C)(=O)=O)c1. The first-order chi connectivity index (χ1) is 13.9. The molecule has 0 saturated carbocycles. The van der Waals surface area contributed by atoms with Crippen LogP contribution in [0.4, 0.5) is 18.9 Å². The molecule has 164 valence electrons. The third-order valence-electron chi connectivity index (χ3n) is 4.54. The van der Waals surface area contributed by atoms with Gasteiger partial charge in [0, 0.05) is 6.54 Å². The number of amides is 1. The fourth-order valence-corrected chi connectivity index (χ4v) is 4.31. The molecule has 1 unspecified atom stereocenters. The van der Waals surface area contributed by atoms with Crippen molar-refractivity contribution >= 4 is 21.6 Å². The maximum atomic E-state index is 13.0. The lowest BCUT2D eigenvalue weighted by molar-refractivity contribution is -0.137. The second-order valence-electron chi connectivity index (χ2n) is 7.17. The average molecular weight is 443 g/mol. The Morgan fingerprint density at radius 1 is 1.13 bits per heavy atom. The molecule has 1 amide bonds. The largest absolute Gasteiger partial charge is 0.416 e. The molecule has 0 heterocycles. The topological polar surface area (TPSA) is 66.5 Å². The van der Waals surface area contributed by atoms with Crippen molar-refractivity contribution in [2.75, 3.05) is 17.1 Å². The molecule has 30 heavy (non-hydrogen) atoms. The third kappa shape index (κ3) is 6.48. The van der Waals surface area contributed by atoms with Crippen LogP contribution in [-0.4, -0.2) is 33.2 Å². The smallest absolute Gasteiger partial charge is 0.354 e. The zero-order chi connectivity index (χ0) is 22.5. The molecule has 5 nitrogen and oxygen atoms in total. The van der Waals surface area contributed by atoms with Crippen molar-refractivity contribution in [3.63, 3.8) is 0 Å². The molecule has 0 saturated heterocycles. The number of hydrogen-bond donors (Lipinski definition) is 1. The number of anilines is 1. The van der Waals surface area contributed by atoms with Crippen molar-refractivity contribution in [2.24, 2.45) is 0 Å². The van der Waals surface area contributed by atoms with Gasteiger partial charge in [-0.2, -0.15) is 13.2 Å². The van der Waals surface area contributed by atoms with E-state index in [0.29, 0.717) is 17.3 Å². The molecular formula is C21H25F3N2O3S. The van der Waals surface area contributed by atoms with Crippen LogP contribution < -0.4 is 9.62 Å². The Bertz CT molecular complexity index is 991. The van der Waals surface area contributed by atoms with Gasteiger partial charge in [-0.1, -0.05) is 35.9 Å². The first-order valence-corrected chi connectivity index (χ1v) is 11.2. The summed E-state index contributed by atoms with van der Waals surface area (Å²) in [4.78, 5) is 12.5. The molecule has 9 heteroatoms. The van der Waals surface area contributed by atoms with Gasteiger partial charge in [0.05, 0.1) is 17.5 Å². The number of carbonyl (C=O) groups is 1. The molecule has 2 aromatic rings. The number of benzene rings is 2. The Morgan fingerprint density at radius 3 is 2.40 bits per heavy atom. The van der Waals surface area contributed by atoms with Gasteiger partial charge in [-0.15, -0.1) is 0 Å². The maximum absolute atomic E-state index is 13.0. The van der Waals surface area contributed by atoms with Gasteiger partial charge in [-0.25, -0.2) is 8.42 Å². The predicted octanol–water partition coefficient (Wildman–Crippen LogP) is 3.92. The molecule has 2 rings (SSSR count). The highest BCUT2D eigenvalue weighted by atomic mass is 32.2. The maximum Gasteiger partial charge on any atom is 0.416 e. The van der Waals surface area contributed by atoms with Crippen LogP contribution in [0.25, 0.3) is 0 Å². The highest BCUT2D eigenvalue weighted by Crippen LogP contribution is 2.32. The fourth-order valence-electron chi connectivity index (χ4n) is 3.15. The summed E-state index contributed by atoms with van der Waals surface area (Å²) >= 11 is 0. The van der Waals surface area contributed by atoms with Gasteiger partial charge < -0.3 is 5.32 Å². The van der Waals surface area contributed by atoms with Crippen molar-refractivity contribution in [2.45, 2.75) is 38.9 Å². The number of carbonyl (C=O) groups excluding carboxylic acids is 1. The van der Waals surface area contributed by atoms with E-state index in [4.69, 9.17) is 0 Å². The van der Waals surface area contributed by atoms with Crippen LogP contribution in [0.15, 0.2) is 48.5 Å². The van der Waals surface area contributed by atoms with E-state index in [1.807, 2.05) is 31.2 Å². The summed E-state index contributed by atoms with van der Waals surface area (Å²) in [5.41, 5.74) is 1.06. The second kappa shape index (κ2) is 9.51. The van der Waals surface area contributed by atoms with Crippen LogP contribution in [-0.2, 0) is 27.4 Å². The lowest BCUT2D eigenvalue weighted by atomic mass is 10.1. The van der Waals surface area contributed by atoms with Crippen LogP contribution in [0.5, 0.6) is 0 Å². The summed E-state index contributed by atoms with van der Waals surface area (Å²) in [5, 5.41) is 2.67. The van der Waals surface area contributed by atoms with Crippen molar-refractivity contribution in [1.29, 1.82) is 0 Å². The quantitative estimate of drug-likeness (QED) is 0.631. The number of halogens is 3. The van der Waals surface area contributed by atoms with E-state index >= 15 is 0 Å². The number of hydrogen-bond acceptors (Lipinski definition) is 3.